The number of nitrogens with zero attached hydrogens (tertiary/aromatic N) is 1. The average molecular weight is 387 g/mol. The standard InChI is InChI=1S/C22H27ClN2O2/c1-2-21(27-20-7-5-6-19(23)14-20)22(26)24-15-17-8-10-18(11-9-17)16-25-12-3-4-13-25/h5-11,14,21H,2-4,12-13,15-16H2,1H3,(H,24,26)/t21-/m1/s1. The van der Waals surface area contributed by atoms with Gasteiger partial charge in [0.15, 0.2) is 6.10 Å². The van der Waals surface area contributed by atoms with Gasteiger partial charge in [-0.15, -0.1) is 0 Å². The minimum absolute atomic E-state index is 0.112. The highest BCUT2D eigenvalue weighted by Crippen LogP contribution is 2.19. The molecule has 1 atom stereocenters. The second kappa shape index (κ2) is 9.77. The van der Waals surface area contributed by atoms with Gasteiger partial charge in [-0.25, -0.2) is 0 Å². The summed E-state index contributed by atoms with van der Waals surface area (Å²) in [7, 11) is 0. The number of hydrogen-bond donors (Lipinski definition) is 1. The second-order valence-electron chi connectivity index (χ2n) is 6.99. The fraction of sp³-hybridized carbons (Fsp3) is 0.409. The largest absolute Gasteiger partial charge is 0.481 e. The van der Waals surface area contributed by atoms with Gasteiger partial charge in [0, 0.05) is 18.1 Å². The Kier molecular flexibility index (Phi) is 7.13. The van der Waals surface area contributed by atoms with Crippen LogP contribution in [0.3, 0.4) is 0 Å². The van der Waals surface area contributed by atoms with E-state index in [1.807, 2.05) is 13.0 Å². The third-order valence-corrected chi connectivity index (χ3v) is 5.07. The van der Waals surface area contributed by atoms with E-state index in [2.05, 4.69) is 34.5 Å². The summed E-state index contributed by atoms with van der Waals surface area (Å²) < 4.78 is 5.79. The lowest BCUT2D eigenvalue weighted by molar-refractivity contribution is -0.128. The average Bonchev–Trinajstić information content (AvgIpc) is 3.18. The summed E-state index contributed by atoms with van der Waals surface area (Å²) in [4.78, 5) is 14.9. The molecule has 27 heavy (non-hydrogen) atoms. The molecule has 1 heterocycles. The zero-order valence-corrected chi connectivity index (χ0v) is 16.5. The summed E-state index contributed by atoms with van der Waals surface area (Å²) in [5, 5.41) is 3.56. The van der Waals surface area contributed by atoms with Crippen molar-refractivity contribution in [3.8, 4) is 5.75 Å². The quantitative estimate of drug-likeness (QED) is 0.730. The van der Waals surface area contributed by atoms with E-state index in [0.29, 0.717) is 23.7 Å². The van der Waals surface area contributed by atoms with Gasteiger partial charge in [0.2, 0.25) is 0 Å². The van der Waals surface area contributed by atoms with E-state index in [0.717, 1.165) is 12.1 Å². The maximum Gasteiger partial charge on any atom is 0.261 e. The monoisotopic (exact) mass is 386 g/mol. The predicted octanol–water partition coefficient (Wildman–Crippen LogP) is 4.41. The van der Waals surface area contributed by atoms with Gasteiger partial charge in [-0.3, -0.25) is 9.69 Å². The van der Waals surface area contributed by atoms with Crippen molar-refractivity contribution in [1.82, 2.24) is 10.2 Å². The fourth-order valence-corrected chi connectivity index (χ4v) is 3.47. The normalized spacial score (nSPS) is 15.5. The van der Waals surface area contributed by atoms with Gasteiger partial charge in [-0.1, -0.05) is 48.9 Å². The molecule has 0 saturated carbocycles. The lowest BCUT2D eigenvalue weighted by Crippen LogP contribution is -2.37. The van der Waals surface area contributed by atoms with Crippen LogP contribution in [0.25, 0.3) is 0 Å². The van der Waals surface area contributed by atoms with Crippen molar-refractivity contribution in [2.75, 3.05) is 13.1 Å². The topological polar surface area (TPSA) is 41.6 Å². The summed E-state index contributed by atoms with van der Waals surface area (Å²) in [5.41, 5.74) is 2.41. The van der Waals surface area contributed by atoms with Crippen molar-refractivity contribution in [2.24, 2.45) is 0 Å². The summed E-state index contributed by atoms with van der Waals surface area (Å²) in [6.45, 7) is 5.84. The van der Waals surface area contributed by atoms with Crippen LogP contribution in [-0.4, -0.2) is 30.0 Å². The minimum atomic E-state index is -0.530. The number of halogens is 1. The Morgan fingerprint density at radius 2 is 1.85 bits per heavy atom. The van der Waals surface area contributed by atoms with E-state index in [1.165, 1.54) is 31.5 Å². The summed E-state index contributed by atoms with van der Waals surface area (Å²) >= 11 is 5.97. The Labute approximate surface area is 166 Å². The van der Waals surface area contributed by atoms with Crippen LogP contribution in [0.4, 0.5) is 0 Å². The fourth-order valence-electron chi connectivity index (χ4n) is 3.29. The van der Waals surface area contributed by atoms with Crippen LogP contribution in [0.2, 0.25) is 5.02 Å². The molecule has 1 N–H and O–H groups in total. The first kappa shape index (κ1) is 19.7. The van der Waals surface area contributed by atoms with E-state index < -0.39 is 6.10 Å². The molecule has 0 radical (unpaired) electrons. The van der Waals surface area contributed by atoms with Crippen LogP contribution >= 0.6 is 11.6 Å². The number of likely N-dealkylation sites (tertiary alicyclic amines) is 1. The molecule has 1 aliphatic heterocycles. The number of nitrogens with one attached hydrogen (secondary N) is 1. The highest BCUT2D eigenvalue weighted by molar-refractivity contribution is 6.30. The van der Waals surface area contributed by atoms with Crippen molar-refractivity contribution < 1.29 is 9.53 Å². The second-order valence-corrected chi connectivity index (χ2v) is 7.43. The van der Waals surface area contributed by atoms with E-state index >= 15 is 0 Å². The molecule has 1 saturated heterocycles. The number of ether oxygens (including phenoxy) is 1. The lowest BCUT2D eigenvalue weighted by Gasteiger charge is -2.18. The van der Waals surface area contributed by atoms with Gasteiger partial charge in [0.25, 0.3) is 5.91 Å². The van der Waals surface area contributed by atoms with Crippen LogP contribution in [0.1, 0.15) is 37.3 Å². The molecule has 1 fully saturated rings. The lowest BCUT2D eigenvalue weighted by atomic mass is 10.1. The predicted molar refractivity (Wildman–Crippen MR) is 109 cm³/mol. The SMILES string of the molecule is CC[C@@H](Oc1cccc(Cl)c1)C(=O)NCc1ccc(CN2CCCC2)cc1. The number of carbonyl (C=O) groups excluding carboxylic acids is 1. The molecule has 5 heteroatoms. The molecule has 4 nitrogen and oxygen atoms in total. The van der Waals surface area contributed by atoms with Crippen molar-refractivity contribution in [3.05, 3.63) is 64.7 Å². The van der Waals surface area contributed by atoms with E-state index in [-0.39, 0.29) is 5.91 Å². The Balaban J connectivity index is 1.49. The van der Waals surface area contributed by atoms with Crippen molar-refractivity contribution in [1.29, 1.82) is 0 Å². The maximum absolute atomic E-state index is 12.5. The van der Waals surface area contributed by atoms with Crippen LogP contribution < -0.4 is 10.1 Å². The first-order valence-corrected chi connectivity index (χ1v) is 10.0. The Hall–Kier alpha value is -2.04. The number of carbonyl (C=O) groups is 1. The van der Waals surface area contributed by atoms with Gasteiger partial charge in [-0.05, 0) is 61.7 Å². The minimum Gasteiger partial charge on any atom is -0.481 e. The highest BCUT2D eigenvalue weighted by atomic mass is 35.5. The van der Waals surface area contributed by atoms with Crippen molar-refractivity contribution in [2.45, 2.75) is 45.4 Å². The van der Waals surface area contributed by atoms with Crippen LogP contribution in [0, 0.1) is 0 Å². The van der Waals surface area contributed by atoms with Gasteiger partial charge >= 0.3 is 0 Å². The summed E-state index contributed by atoms with van der Waals surface area (Å²) in [6.07, 6.45) is 2.67. The maximum atomic E-state index is 12.5. The van der Waals surface area contributed by atoms with E-state index in [1.54, 1.807) is 18.2 Å². The van der Waals surface area contributed by atoms with Crippen molar-refractivity contribution in [3.63, 3.8) is 0 Å². The van der Waals surface area contributed by atoms with Gasteiger partial charge in [0.1, 0.15) is 5.75 Å². The smallest absolute Gasteiger partial charge is 0.261 e. The molecule has 0 aromatic heterocycles. The number of rotatable bonds is 8. The number of hydrogen-bond acceptors (Lipinski definition) is 3. The Morgan fingerprint density at radius 3 is 2.52 bits per heavy atom. The molecular weight excluding hydrogens is 360 g/mol. The zero-order valence-electron chi connectivity index (χ0n) is 15.8. The zero-order chi connectivity index (χ0) is 19.1. The first-order chi connectivity index (χ1) is 13.1. The van der Waals surface area contributed by atoms with Gasteiger partial charge in [0.05, 0.1) is 0 Å². The molecule has 0 bridgehead atoms. The first-order valence-electron chi connectivity index (χ1n) is 9.64. The molecule has 2 aromatic rings. The highest BCUT2D eigenvalue weighted by Gasteiger charge is 2.18. The molecule has 0 spiro atoms. The Bertz CT molecular complexity index is 742. The van der Waals surface area contributed by atoms with Gasteiger partial charge < -0.3 is 10.1 Å². The molecular formula is C22H27ClN2O2. The van der Waals surface area contributed by atoms with Gasteiger partial charge in [-0.2, -0.15) is 0 Å². The van der Waals surface area contributed by atoms with E-state index in [9.17, 15) is 4.79 Å². The molecule has 144 valence electrons. The number of benzene rings is 2. The van der Waals surface area contributed by atoms with Crippen LogP contribution in [-0.2, 0) is 17.9 Å². The molecule has 2 aromatic carbocycles. The third-order valence-electron chi connectivity index (χ3n) is 4.83. The summed E-state index contributed by atoms with van der Waals surface area (Å²) in [6, 6.07) is 15.6. The van der Waals surface area contributed by atoms with Crippen LogP contribution in [0.5, 0.6) is 5.75 Å². The molecule has 1 amide bonds. The molecule has 3 rings (SSSR count). The van der Waals surface area contributed by atoms with Crippen LogP contribution in [0.15, 0.2) is 48.5 Å². The third kappa shape index (κ3) is 5.98. The van der Waals surface area contributed by atoms with Crippen molar-refractivity contribution >= 4 is 17.5 Å². The molecule has 0 aliphatic carbocycles. The number of amides is 1. The Morgan fingerprint density at radius 1 is 1.15 bits per heavy atom. The molecule has 0 unspecified atom stereocenters. The molecule has 1 aliphatic rings. The summed E-state index contributed by atoms with van der Waals surface area (Å²) in [5.74, 6) is 0.495. The van der Waals surface area contributed by atoms with E-state index in [4.69, 9.17) is 16.3 Å².